The number of carbonyl (C=O) groups excluding carboxylic acids is 1. The number of nitrogens with one attached hydrogen (secondary N) is 2. The molecule has 1 aliphatic heterocycles. The molecule has 0 unspecified atom stereocenters. The van der Waals surface area contributed by atoms with Crippen molar-refractivity contribution in [1.29, 1.82) is 0 Å². The first kappa shape index (κ1) is 15.1. The first-order chi connectivity index (χ1) is 11.6. The fraction of sp³-hybridized carbons (Fsp3) is 0.316. The summed E-state index contributed by atoms with van der Waals surface area (Å²) in [6.45, 7) is 0.542. The Bertz CT molecular complexity index is 793. The Morgan fingerprint density at radius 2 is 1.92 bits per heavy atom. The van der Waals surface area contributed by atoms with Crippen LogP contribution in [0.4, 0.5) is 9.18 Å². The minimum absolute atomic E-state index is 0.0414. The summed E-state index contributed by atoms with van der Waals surface area (Å²) in [5, 5.41) is 16.6. The van der Waals surface area contributed by atoms with E-state index in [9.17, 15) is 14.3 Å². The first-order valence-corrected chi connectivity index (χ1v) is 8.20. The smallest absolute Gasteiger partial charge is 0.315 e. The summed E-state index contributed by atoms with van der Waals surface area (Å²) < 4.78 is 13.7. The predicted octanol–water partition coefficient (Wildman–Crippen LogP) is 2.62. The van der Waals surface area contributed by atoms with Crippen LogP contribution in [0.25, 0.3) is 0 Å². The monoisotopic (exact) mass is 326 g/mol. The van der Waals surface area contributed by atoms with Gasteiger partial charge in [0.05, 0.1) is 6.10 Å². The highest BCUT2D eigenvalue weighted by Crippen LogP contribution is 2.41. The van der Waals surface area contributed by atoms with Crippen LogP contribution < -0.4 is 10.6 Å². The Morgan fingerprint density at radius 1 is 1.12 bits per heavy atom. The number of fused-ring (bicyclic) bond motifs is 2. The molecule has 0 saturated carbocycles. The van der Waals surface area contributed by atoms with E-state index >= 15 is 0 Å². The molecule has 0 aromatic heterocycles. The van der Waals surface area contributed by atoms with Gasteiger partial charge in [-0.3, -0.25) is 0 Å². The van der Waals surface area contributed by atoms with Crippen LogP contribution in [0.15, 0.2) is 42.5 Å². The molecule has 3 N–H and O–H groups in total. The number of carbonyl (C=O) groups is 1. The lowest BCUT2D eigenvalue weighted by Gasteiger charge is -2.26. The zero-order valence-corrected chi connectivity index (χ0v) is 13.1. The molecule has 0 bridgehead atoms. The van der Waals surface area contributed by atoms with Gasteiger partial charge in [-0.2, -0.15) is 0 Å². The number of aliphatic hydroxyl groups is 1. The fourth-order valence-corrected chi connectivity index (χ4v) is 3.86. The molecule has 1 heterocycles. The highest BCUT2D eigenvalue weighted by Gasteiger charge is 2.33. The van der Waals surface area contributed by atoms with E-state index in [0.29, 0.717) is 24.9 Å². The number of benzene rings is 2. The maximum absolute atomic E-state index is 13.7. The fourth-order valence-electron chi connectivity index (χ4n) is 3.86. The van der Waals surface area contributed by atoms with Crippen LogP contribution in [0.5, 0.6) is 0 Å². The summed E-state index contributed by atoms with van der Waals surface area (Å²) in [6.07, 6.45) is 0.485. The van der Waals surface area contributed by atoms with Gasteiger partial charge in [-0.1, -0.05) is 30.3 Å². The Morgan fingerprint density at radius 3 is 2.71 bits per heavy atom. The average molecular weight is 326 g/mol. The van der Waals surface area contributed by atoms with E-state index in [1.165, 1.54) is 12.1 Å². The first-order valence-electron chi connectivity index (χ1n) is 8.20. The zero-order chi connectivity index (χ0) is 16.7. The second-order valence-electron chi connectivity index (χ2n) is 6.56. The quantitative estimate of drug-likeness (QED) is 0.794. The molecule has 4 nitrogen and oxygen atoms in total. The summed E-state index contributed by atoms with van der Waals surface area (Å²) in [7, 11) is 0. The van der Waals surface area contributed by atoms with Crippen LogP contribution in [0.2, 0.25) is 0 Å². The molecule has 124 valence electrons. The summed E-state index contributed by atoms with van der Waals surface area (Å²) in [5.41, 5.74) is 3.81. The van der Waals surface area contributed by atoms with Crippen LogP contribution in [-0.2, 0) is 6.42 Å². The third-order valence-corrected chi connectivity index (χ3v) is 5.03. The Balaban J connectivity index is 1.76. The van der Waals surface area contributed by atoms with Crippen molar-refractivity contribution in [2.24, 2.45) is 0 Å². The van der Waals surface area contributed by atoms with Crippen molar-refractivity contribution in [2.75, 3.05) is 6.54 Å². The van der Waals surface area contributed by atoms with Crippen LogP contribution in [0.3, 0.4) is 0 Å². The van der Waals surface area contributed by atoms with Gasteiger partial charge in [-0.05, 0) is 47.2 Å². The van der Waals surface area contributed by atoms with E-state index < -0.39 is 6.10 Å². The standard InChI is InChI=1S/C19H19FN2O2/c20-13-6-5-12-7-11-3-1-2-4-15(11)17(18(23)16(12)8-13)9-14-10-21-19(24)22-14/h1-6,8,14,17-18,23H,7,9-10H2,(H2,21,22,24)/t14-,17+,18-/m0/s1. The van der Waals surface area contributed by atoms with Gasteiger partial charge in [-0.25, -0.2) is 9.18 Å². The van der Waals surface area contributed by atoms with E-state index in [-0.39, 0.29) is 23.8 Å². The Kier molecular flexibility index (Phi) is 3.73. The third kappa shape index (κ3) is 2.65. The summed E-state index contributed by atoms with van der Waals surface area (Å²) in [5.74, 6) is -0.525. The van der Waals surface area contributed by atoms with Crippen molar-refractivity contribution in [2.45, 2.75) is 30.9 Å². The molecule has 24 heavy (non-hydrogen) atoms. The minimum Gasteiger partial charge on any atom is -0.388 e. The second-order valence-corrected chi connectivity index (χ2v) is 6.56. The van der Waals surface area contributed by atoms with Gasteiger partial charge in [-0.15, -0.1) is 0 Å². The molecule has 2 aromatic rings. The maximum Gasteiger partial charge on any atom is 0.315 e. The molecule has 0 radical (unpaired) electrons. The number of aliphatic hydroxyl groups excluding tert-OH is 1. The Labute approximate surface area is 139 Å². The molecular weight excluding hydrogens is 307 g/mol. The molecule has 1 aliphatic carbocycles. The summed E-state index contributed by atoms with van der Waals surface area (Å²) in [6, 6.07) is 12.4. The van der Waals surface area contributed by atoms with Crippen LogP contribution in [-0.4, -0.2) is 23.7 Å². The summed E-state index contributed by atoms with van der Waals surface area (Å²) >= 11 is 0. The lowest BCUT2D eigenvalue weighted by molar-refractivity contribution is 0.136. The lowest BCUT2D eigenvalue weighted by Crippen LogP contribution is -2.30. The number of hydrogen-bond acceptors (Lipinski definition) is 2. The second kappa shape index (κ2) is 5.91. The van der Waals surface area contributed by atoms with E-state index in [0.717, 1.165) is 16.7 Å². The molecule has 1 saturated heterocycles. The van der Waals surface area contributed by atoms with Crippen molar-refractivity contribution in [3.05, 3.63) is 70.5 Å². The van der Waals surface area contributed by atoms with Crippen molar-refractivity contribution in [3.63, 3.8) is 0 Å². The molecule has 3 atom stereocenters. The van der Waals surface area contributed by atoms with Gasteiger partial charge in [0.1, 0.15) is 5.82 Å². The van der Waals surface area contributed by atoms with Gasteiger partial charge < -0.3 is 15.7 Å². The number of halogens is 1. The number of amides is 2. The van der Waals surface area contributed by atoms with Crippen LogP contribution >= 0.6 is 0 Å². The third-order valence-electron chi connectivity index (χ3n) is 5.03. The van der Waals surface area contributed by atoms with Gasteiger partial charge in [0, 0.05) is 18.5 Å². The predicted molar refractivity (Wildman–Crippen MR) is 88.3 cm³/mol. The van der Waals surface area contributed by atoms with Gasteiger partial charge >= 0.3 is 6.03 Å². The number of hydrogen-bond donors (Lipinski definition) is 3. The average Bonchev–Trinajstić information content (AvgIpc) is 2.95. The minimum atomic E-state index is -0.795. The van der Waals surface area contributed by atoms with Crippen molar-refractivity contribution in [1.82, 2.24) is 10.6 Å². The highest BCUT2D eigenvalue weighted by atomic mass is 19.1. The number of urea groups is 1. The van der Waals surface area contributed by atoms with Crippen molar-refractivity contribution in [3.8, 4) is 0 Å². The molecule has 2 aromatic carbocycles. The normalized spacial score (nSPS) is 25.2. The van der Waals surface area contributed by atoms with Gasteiger partial charge in [0.25, 0.3) is 0 Å². The van der Waals surface area contributed by atoms with Gasteiger partial charge in [0.15, 0.2) is 0 Å². The van der Waals surface area contributed by atoms with Crippen molar-refractivity contribution >= 4 is 6.03 Å². The van der Waals surface area contributed by atoms with Crippen LogP contribution in [0, 0.1) is 5.82 Å². The van der Waals surface area contributed by atoms with Gasteiger partial charge in [0.2, 0.25) is 0 Å². The maximum atomic E-state index is 13.7. The molecule has 0 spiro atoms. The van der Waals surface area contributed by atoms with Crippen LogP contribution in [0.1, 0.15) is 40.7 Å². The van der Waals surface area contributed by atoms with E-state index in [4.69, 9.17) is 0 Å². The van der Waals surface area contributed by atoms with E-state index in [1.54, 1.807) is 6.07 Å². The SMILES string of the molecule is O=C1NC[C@H](C[C@@H]2c3ccccc3Cc3ccc(F)cc3[C@@H]2O)N1. The molecule has 1 fully saturated rings. The topological polar surface area (TPSA) is 61.4 Å². The number of rotatable bonds is 2. The largest absolute Gasteiger partial charge is 0.388 e. The molecule has 4 rings (SSSR count). The lowest BCUT2D eigenvalue weighted by atomic mass is 9.84. The molecule has 2 amide bonds. The molecule has 5 heteroatoms. The molecular formula is C19H19FN2O2. The summed E-state index contributed by atoms with van der Waals surface area (Å²) in [4.78, 5) is 11.4. The zero-order valence-electron chi connectivity index (χ0n) is 13.1. The molecule has 2 aliphatic rings. The van der Waals surface area contributed by atoms with E-state index in [2.05, 4.69) is 16.7 Å². The Hall–Kier alpha value is -2.40. The van der Waals surface area contributed by atoms with E-state index in [1.807, 2.05) is 18.2 Å². The highest BCUT2D eigenvalue weighted by molar-refractivity contribution is 5.76. The van der Waals surface area contributed by atoms with Crippen molar-refractivity contribution < 1.29 is 14.3 Å².